The molecule has 0 spiro atoms. The lowest BCUT2D eigenvalue weighted by molar-refractivity contribution is -0.0272. The molecule has 2 heterocycles. The Morgan fingerprint density at radius 1 is 0.905 bits per heavy atom. The number of ether oxygens (including phenoxy) is 1. The summed E-state index contributed by atoms with van der Waals surface area (Å²) in [5, 5.41) is 0. The van der Waals surface area contributed by atoms with Crippen LogP contribution in [0, 0.1) is 5.92 Å². The molecule has 0 bridgehead atoms. The van der Waals surface area contributed by atoms with Gasteiger partial charge in [0.05, 0.1) is 12.7 Å². The third-order valence-electron chi connectivity index (χ3n) is 5.63. The lowest BCUT2D eigenvalue weighted by Crippen LogP contribution is -2.44. The van der Waals surface area contributed by atoms with Crippen molar-refractivity contribution in [3.63, 3.8) is 0 Å². The molecule has 0 saturated carbocycles. The van der Waals surface area contributed by atoms with Gasteiger partial charge in [0.25, 0.3) is 0 Å². The van der Waals surface area contributed by atoms with Crippen LogP contribution in [0.5, 0.6) is 0 Å². The van der Waals surface area contributed by atoms with Gasteiger partial charge in [-0.1, -0.05) is 13.3 Å². The minimum Gasteiger partial charge on any atom is -0.377 e. The topological polar surface area (TPSA) is 15.7 Å². The fourth-order valence-electron chi connectivity index (χ4n) is 3.74. The molecule has 0 aromatic rings. The average Bonchev–Trinajstić information content (AvgIpc) is 2.53. The van der Waals surface area contributed by atoms with E-state index in [1.165, 1.54) is 58.3 Å². The first kappa shape index (κ1) is 17.2. The normalized spacial score (nSPS) is 25.6. The number of piperidine rings is 2. The smallest absolute Gasteiger partial charge is 0.0622 e. The maximum atomic E-state index is 6.21. The van der Waals surface area contributed by atoms with Gasteiger partial charge >= 0.3 is 0 Å². The predicted octanol–water partition coefficient (Wildman–Crippen LogP) is 3.39. The van der Waals surface area contributed by atoms with Crippen LogP contribution in [0.15, 0.2) is 0 Å². The summed E-state index contributed by atoms with van der Waals surface area (Å²) in [5.41, 5.74) is 0. The van der Waals surface area contributed by atoms with Gasteiger partial charge in [-0.15, -0.1) is 0 Å². The monoisotopic (exact) mass is 296 g/mol. The average molecular weight is 296 g/mol. The first-order valence-electron chi connectivity index (χ1n) is 9.19. The van der Waals surface area contributed by atoms with Gasteiger partial charge in [0, 0.05) is 25.2 Å². The zero-order valence-electron chi connectivity index (χ0n) is 14.7. The van der Waals surface area contributed by atoms with Crippen LogP contribution in [0.1, 0.15) is 59.8 Å². The highest BCUT2D eigenvalue weighted by Gasteiger charge is 2.24. The van der Waals surface area contributed by atoms with Gasteiger partial charge < -0.3 is 9.64 Å². The molecule has 0 radical (unpaired) electrons. The van der Waals surface area contributed by atoms with Gasteiger partial charge in [-0.3, -0.25) is 4.90 Å². The van der Waals surface area contributed by atoms with Crippen molar-refractivity contribution < 1.29 is 4.74 Å². The van der Waals surface area contributed by atoms with E-state index in [-0.39, 0.29) is 0 Å². The van der Waals surface area contributed by atoms with E-state index in [1.807, 2.05) is 0 Å². The van der Waals surface area contributed by atoms with Gasteiger partial charge in [-0.05, 0) is 65.5 Å². The Kier molecular flexibility index (Phi) is 6.97. The summed E-state index contributed by atoms with van der Waals surface area (Å²) in [6, 6.07) is 1.27. The molecule has 124 valence electrons. The molecule has 1 atom stereocenters. The molecule has 0 aromatic heterocycles. The van der Waals surface area contributed by atoms with Crippen LogP contribution in [0.25, 0.3) is 0 Å². The lowest BCUT2D eigenvalue weighted by atomic mass is 9.94. The number of nitrogens with zero attached hydrogens (tertiary/aromatic N) is 2. The standard InChI is InChI=1S/C18H36N2O/c1-5-17-6-10-20(11-7-17)16(4)14-21-18-8-12-19(13-9-18)15(2)3/h15-18H,5-14H2,1-4H3. The van der Waals surface area contributed by atoms with Crippen molar-refractivity contribution in [2.24, 2.45) is 5.92 Å². The molecule has 0 aromatic carbocycles. The fourth-order valence-corrected chi connectivity index (χ4v) is 3.74. The summed E-state index contributed by atoms with van der Waals surface area (Å²) < 4.78 is 6.21. The van der Waals surface area contributed by atoms with Crippen molar-refractivity contribution in [1.82, 2.24) is 9.80 Å². The van der Waals surface area contributed by atoms with Gasteiger partial charge in [-0.2, -0.15) is 0 Å². The van der Waals surface area contributed by atoms with E-state index >= 15 is 0 Å². The molecule has 0 N–H and O–H groups in total. The Morgan fingerprint density at radius 2 is 1.48 bits per heavy atom. The minimum absolute atomic E-state index is 0.496. The van der Waals surface area contributed by atoms with Crippen LogP contribution in [-0.4, -0.2) is 60.8 Å². The van der Waals surface area contributed by atoms with Crippen LogP contribution < -0.4 is 0 Å². The first-order chi connectivity index (χ1) is 10.1. The summed E-state index contributed by atoms with van der Waals surface area (Å²) in [4.78, 5) is 5.20. The molecular formula is C18H36N2O. The van der Waals surface area contributed by atoms with Crippen LogP contribution in [0.4, 0.5) is 0 Å². The molecule has 2 fully saturated rings. The van der Waals surface area contributed by atoms with Gasteiger partial charge in [0.2, 0.25) is 0 Å². The van der Waals surface area contributed by atoms with E-state index in [0.29, 0.717) is 18.2 Å². The summed E-state index contributed by atoms with van der Waals surface area (Å²) in [7, 11) is 0. The molecule has 0 amide bonds. The SMILES string of the molecule is CCC1CCN(C(C)COC2CCN(C(C)C)CC2)CC1. The largest absolute Gasteiger partial charge is 0.377 e. The molecule has 2 aliphatic rings. The van der Waals surface area contributed by atoms with Gasteiger partial charge in [-0.25, -0.2) is 0 Å². The second-order valence-corrected chi connectivity index (χ2v) is 7.40. The number of hydrogen-bond donors (Lipinski definition) is 0. The van der Waals surface area contributed by atoms with Gasteiger partial charge in [0.15, 0.2) is 0 Å². The maximum absolute atomic E-state index is 6.21. The van der Waals surface area contributed by atoms with Crippen molar-refractivity contribution in [1.29, 1.82) is 0 Å². The summed E-state index contributed by atoms with van der Waals surface area (Å²) in [6.45, 7) is 15.1. The highest BCUT2D eigenvalue weighted by molar-refractivity contribution is 4.78. The van der Waals surface area contributed by atoms with E-state index in [2.05, 4.69) is 37.5 Å². The number of rotatable bonds is 6. The Balaban J connectivity index is 1.62. The van der Waals surface area contributed by atoms with E-state index < -0.39 is 0 Å². The fraction of sp³-hybridized carbons (Fsp3) is 1.00. The quantitative estimate of drug-likeness (QED) is 0.747. The van der Waals surface area contributed by atoms with E-state index in [0.717, 1.165) is 12.5 Å². The lowest BCUT2D eigenvalue weighted by Gasteiger charge is -2.38. The summed E-state index contributed by atoms with van der Waals surface area (Å²) in [6.07, 6.45) is 7.04. The predicted molar refractivity (Wildman–Crippen MR) is 89.7 cm³/mol. The molecule has 21 heavy (non-hydrogen) atoms. The zero-order chi connectivity index (χ0) is 15.2. The molecule has 2 rings (SSSR count). The molecular weight excluding hydrogens is 260 g/mol. The second-order valence-electron chi connectivity index (χ2n) is 7.40. The van der Waals surface area contributed by atoms with E-state index in [4.69, 9.17) is 4.74 Å². The Morgan fingerprint density at radius 3 is 2.00 bits per heavy atom. The Labute approximate surface area is 132 Å². The van der Waals surface area contributed by atoms with Crippen molar-refractivity contribution >= 4 is 0 Å². The van der Waals surface area contributed by atoms with Crippen LogP contribution >= 0.6 is 0 Å². The summed E-state index contributed by atoms with van der Waals surface area (Å²) in [5.74, 6) is 0.967. The maximum Gasteiger partial charge on any atom is 0.0622 e. The van der Waals surface area contributed by atoms with Crippen molar-refractivity contribution in [3.8, 4) is 0 Å². The zero-order valence-corrected chi connectivity index (χ0v) is 14.7. The molecule has 2 aliphatic heterocycles. The van der Waals surface area contributed by atoms with Crippen LogP contribution in [0.3, 0.4) is 0 Å². The third kappa shape index (κ3) is 5.22. The second kappa shape index (κ2) is 8.50. The highest BCUT2D eigenvalue weighted by Crippen LogP contribution is 2.22. The summed E-state index contributed by atoms with van der Waals surface area (Å²) >= 11 is 0. The molecule has 1 unspecified atom stereocenters. The van der Waals surface area contributed by atoms with Crippen molar-refractivity contribution in [2.75, 3.05) is 32.8 Å². The molecule has 3 heteroatoms. The van der Waals surface area contributed by atoms with Crippen molar-refractivity contribution in [3.05, 3.63) is 0 Å². The minimum atomic E-state index is 0.496. The first-order valence-corrected chi connectivity index (χ1v) is 9.19. The Hall–Kier alpha value is -0.120. The third-order valence-corrected chi connectivity index (χ3v) is 5.63. The number of likely N-dealkylation sites (tertiary alicyclic amines) is 2. The van der Waals surface area contributed by atoms with Crippen LogP contribution in [-0.2, 0) is 4.74 Å². The van der Waals surface area contributed by atoms with E-state index in [9.17, 15) is 0 Å². The van der Waals surface area contributed by atoms with Gasteiger partial charge in [0.1, 0.15) is 0 Å². The van der Waals surface area contributed by atoms with Crippen LogP contribution in [0.2, 0.25) is 0 Å². The van der Waals surface area contributed by atoms with E-state index in [1.54, 1.807) is 0 Å². The Bertz CT molecular complexity index is 279. The highest BCUT2D eigenvalue weighted by atomic mass is 16.5. The molecule has 3 nitrogen and oxygen atoms in total. The number of hydrogen-bond acceptors (Lipinski definition) is 3. The molecule has 2 saturated heterocycles. The van der Waals surface area contributed by atoms with Crippen molar-refractivity contribution in [2.45, 2.75) is 78.0 Å². The molecule has 0 aliphatic carbocycles.